The van der Waals surface area contributed by atoms with Gasteiger partial charge in [-0.25, -0.2) is 0 Å². The zero-order chi connectivity index (χ0) is 13.4. The summed E-state index contributed by atoms with van der Waals surface area (Å²) in [6, 6.07) is 6.12. The maximum atomic E-state index is 12.3. The largest absolute Gasteiger partial charge is 0.378 e. The van der Waals surface area contributed by atoms with Crippen LogP contribution < -0.4 is 10.5 Å². The summed E-state index contributed by atoms with van der Waals surface area (Å²) in [5.74, 6) is 0. The number of aryl methyl sites for hydroxylation is 2. The summed E-state index contributed by atoms with van der Waals surface area (Å²) in [5, 5.41) is 1.13. The summed E-state index contributed by atoms with van der Waals surface area (Å²) in [6.45, 7) is 7.03. The first-order valence-electron chi connectivity index (χ1n) is 6.63. The van der Waals surface area contributed by atoms with Gasteiger partial charge in [0, 0.05) is 24.0 Å². The second kappa shape index (κ2) is 4.70. The van der Waals surface area contributed by atoms with E-state index < -0.39 is 0 Å². The third-order valence-corrected chi connectivity index (χ3v) is 3.72. The van der Waals surface area contributed by atoms with Crippen LogP contribution >= 0.6 is 0 Å². The van der Waals surface area contributed by atoms with Gasteiger partial charge in [-0.15, -0.1) is 0 Å². The molecule has 0 atom stereocenters. The highest BCUT2D eigenvalue weighted by atomic mass is 16.5. The van der Waals surface area contributed by atoms with Crippen molar-refractivity contribution in [1.82, 2.24) is 4.98 Å². The number of ether oxygens (including phenoxy) is 1. The van der Waals surface area contributed by atoms with Gasteiger partial charge in [0.2, 0.25) is 0 Å². The number of H-pyrrole nitrogens is 1. The topological polar surface area (TPSA) is 45.3 Å². The Morgan fingerprint density at radius 1 is 1.21 bits per heavy atom. The number of pyridine rings is 1. The summed E-state index contributed by atoms with van der Waals surface area (Å²) >= 11 is 0. The van der Waals surface area contributed by atoms with Crippen LogP contribution in [0.3, 0.4) is 0 Å². The average molecular weight is 258 g/mol. The molecular formula is C15H18N2O2. The lowest BCUT2D eigenvalue weighted by molar-refractivity contribution is 0.122. The molecule has 0 aliphatic carbocycles. The van der Waals surface area contributed by atoms with Gasteiger partial charge in [0.05, 0.1) is 13.2 Å². The summed E-state index contributed by atoms with van der Waals surface area (Å²) in [4.78, 5) is 17.4. The van der Waals surface area contributed by atoms with E-state index in [1.54, 1.807) is 0 Å². The lowest BCUT2D eigenvalue weighted by Crippen LogP contribution is -2.39. The van der Waals surface area contributed by atoms with Crippen molar-refractivity contribution in [3.05, 3.63) is 39.7 Å². The fourth-order valence-corrected chi connectivity index (χ4v) is 2.72. The molecule has 19 heavy (non-hydrogen) atoms. The van der Waals surface area contributed by atoms with Crippen LogP contribution in [0, 0.1) is 13.8 Å². The van der Waals surface area contributed by atoms with Crippen molar-refractivity contribution in [3.63, 3.8) is 0 Å². The van der Waals surface area contributed by atoms with Crippen LogP contribution in [-0.4, -0.2) is 31.3 Å². The summed E-state index contributed by atoms with van der Waals surface area (Å²) in [5.41, 5.74) is 3.96. The molecule has 1 aromatic carbocycles. The Morgan fingerprint density at radius 3 is 2.68 bits per heavy atom. The van der Waals surface area contributed by atoms with Gasteiger partial charge in [-0.3, -0.25) is 4.79 Å². The molecule has 0 spiro atoms. The second-order valence-electron chi connectivity index (χ2n) is 5.08. The van der Waals surface area contributed by atoms with Crippen LogP contribution in [0.25, 0.3) is 10.9 Å². The molecule has 2 heterocycles. The number of aromatic nitrogens is 1. The number of hydrogen-bond donors (Lipinski definition) is 1. The van der Waals surface area contributed by atoms with E-state index in [9.17, 15) is 4.79 Å². The van der Waals surface area contributed by atoms with Gasteiger partial charge in [0.15, 0.2) is 0 Å². The Bertz CT molecular complexity index is 670. The molecule has 1 fully saturated rings. The first kappa shape index (κ1) is 12.2. The van der Waals surface area contributed by atoms with Gasteiger partial charge in [-0.05, 0) is 31.5 Å². The summed E-state index contributed by atoms with van der Waals surface area (Å²) < 4.78 is 5.35. The smallest absolute Gasteiger partial charge is 0.272 e. The fraction of sp³-hybridized carbons (Fsp3) is 0.400. The van der Waals surface area contributed by atoms with E-state index >= 15 is 0 Å². The molecule has 100 valence electrons. The Balaban J connectivity index is 2.20. The molecule has 0 amide bonds. The minimum atomic E-state index is -0.00393. The van der Waals surface area contributed by atoms with E-state index in [1.165, 1.54) is 5.56 Å². The predicted molar refractivity (Wildman–Crippen MR) is 77.1 cm³/mol. The van der Waals surface area contributed by atoms with E-state index in [4.69, 9.17) is 4.74 Å². The van der Waals surface area contributed by atoms with Gasteiger partial charge < -0.3 is 14.6 Å². The molecule has 0 unspecified atom stereocenters. The van der Waals surface area contributed by atoms with Gasteiger partial charge in [-0.2, -0.15) is 0 Å². The first-order chi connectivity index (χ1) is 9.16. The Kier molecular flexibility index (Phi) is 3.03. The number of morpholine rings is 1. The van der Waals surface area contributed by atoms with Crippen molar-refractivity contribution >= 4 is 16.6 Å². The molecule has 0 radical (unpaired) electrons. The van der Waals surface area contributed by atoms with Crippen molar-refractivity contribution in [3.8, 4) is 0 Å². The third-order valence-electron chi connectivity index (χ3n) is 3.72. The minimum Gasteiger partial charge on any atom is -0.378 e. The summed E-state index contributed by atoms with van der Waals surface area (Å²) in [7, 11) is 0. The highest BCUT2D eigenvalue weighted by Crippen LogP contribution is 2.24. The van der Waals surface area contributed by atoms with Crippen molar-refractivity contribution in [2.45, 2.75) is 13.8 Å². The zero-order valence-electron chi connectivity index (χ0n) is 11.3. The number of rotatable bonds is 1. The van der Waals surface area contributed by atoms with Crippen LogP contribution in [-0.2, 0) is 4.74 Å². The van der Waals surface area contributed by atoms with E-state index in [1.807, 2.05) is 19.1 Å². The molecule has 2 aromatic rings. The van der Waals surface area contributed by atoms with Crippen LogP contribution in [0.5, 0.6) is 0 Å². The standard InChI is InChI=1S/C15H18N2O2/c1-10-3-4-13-12(9-10)11(2)14(15(18)16-13)17-5-7-19-8-6-17/h3-4,9H,5-8H2,1-2H3,(H,16,18). The molecule has 4 nitrogen and oxygen atoms in total. The lowest BCUT2D eigenvalue weighted by atomic mass is 10.1. The monoisotopic (exact) mass is 258 g/mol. The number of hydrogen-bond acceptors (Lipinski definition) is 3. The SMILES string of the molecule is Cc1ccc2[nH]c(=O)c(N3CCOCC3)c(C)c2c1. The number of aromatic amines is 1. The summed E-state index contributed by atoms with van der Waals surface area (Å²) in [6.07, 6.45) is 0. The first-order valence-corrected chi connectivity index (χ1v) is 6.63. The van der Waals surface area contributed by atoms with E-state index in [-0.39, 0.29) is 5.56 Å². The predicted octanol–water partition coefficient (Wildman–Crippen LogP) is 1.98. The number of anilines is 1. The molecule has 3 rings (SSSR count). The minimum absolute atomic E-state index is 0.00393. The van der Waals surface area contributed by atoms with Gasteiger partial charge >= 0.3 is 0 Å². The Morgan fingerprint density at radius 2 is 1.95 bits per heavy atom. The normalized spacial score (nSPS) is 16.0. The second-order valence-corrected chi connectivity index (χ2v) is 5.08. The van der Waals surface area contributed by atoms with Crippen molar-refractivity contribution in [2.24, 2.45) is 0 Å². The maximum absolute atomic E-state index is 12.3. The maximum Gasteiger partial charge on any atom is 0.272 e. The molecule has 0 bridgehead atoms. The average Bonchev–Trinajstić information content (AvgIpc) is 2.41. The zero-order valence-corrected chi connectivity index (χ0v) is 11.3. The molecule has 0 saturated carbocycles. The van der Waals surface area contributed by atoms with Crippen LogP contribution in [0.1, 0.15) is 11.1 Å². The van der Waals surface area contributed by atoms with Crippen molar-refractivity contribution in [2.75, 3.05) is 31.2 Å². The van der Waals surface area contributed by atoms with E-state index in [0.29, 0.717) is 13.2 Å². The van der Waals surface area contributed by atoms with Crippen molar-refractivity contribution in [1.29, 1.82) is 0 Å². The molecule has 1 aliphatic rings. The number of nitrogens with one attached hydrogen (secondary N) is 1. The Hall–Kier alpha value is -1.81. The highest BCUT2D eigenvalue weighted by Gasteiger charge is 2.18. The van der Waals surface area contributed by atoms with E-state index in [2.05, 4.69) is 22.9 Å². The molecular weight excluding hydrogens is 240 g/mol. The number of nitrogens with zero attached hydrogens (tertiary/aromatic N) is 1. The van der Waals surface area contributed by atoms with Gasteiger partial charge in [0.25, 0.3) is 5.56 Å². The molecule has 1 aromatic heterocycles. The van der Waals surface area contributed by atoms with Crippen molar-refractivity contribution < 1.29 is 4.74 Å². The third kappa shape index (κ3) is 2.12. The molecule has 4 heteroatoms. The fourth-order valence-electron chi connectivity index (χ4n) is 2.72. The van der Waals surface area contributed by atoms with E-state index in [0.717, 1.165) is 35.2 Å². The van der Waals surface area contributed by atoms with Crippen LogP contribution in [0.2, 0.25) is 0 Å². The molecule has 1 N–H and O–H groups in total. The number of benzene rings is 1. The van der Waals surface area contributed by atoms with Gasteiger partial charge in [-0.1, -0.05) is 11.6 Å². The van der Waals surface area contributed by atoms with Gasteiger partial charge in [0.1, 0.15) is 5.69 Å². The molecule has 1 saturated heterocycles. The quantitative estimate of drug-likeness (QED) is 0.850. The molecule has 1 aliphatic heterocycles. The highest BCUT2D eigenvalue weighted by molar-refractivity contribution is 5.87. The Labute approximate surface area is 112 Å². The van der Waals surface area contributed by atoms with Crippen LogP contribution in [0.15, 0.2) is 23.0 Å². The van der Waals surface area contributed by atoms with Crippen LogP contribution in [0.4, 0.5) is 5.69 Å². The number of fused-ring (bicyclic) bond motifs is 1. The lowest BCUT2D eigenvalue weighted by Gasteiger charge is -2.29.